The monoisotopic (exact) mass is 234 g/mol. The third-order valence-electron chi connectivity index (χ3n) is 1.65. The normalized spacial score (nSPS) is 11.8. The number of ether oxygens (including phenoxy) is 2. The second kappa shape index (κ2) is 4.73. The third kappa shape index (κ3) is 3.34. The van der Waals surface area contributed by atoms with Crippen molar-refractivity contribution >= 4 is 6.21 Å². The minimum Gasteiger partial charge on any atom is -0.496 e. The topological polar surface area (TPSA) is 56.8 Å². The molecule has 0 heterocycles. The molecular weight excluding hydrogens is 225 g/mol. The largest absolute Gasteiger partial charge is 0.573 e. The lowest BCUT2D eigenvalue weighted by atomic mass is 10.2. The molecule has 0 saturated heterocycles. The molecule has 0 bridgehead atoms. The van der Waals surface area contributed by atoms with Crippen molar-refractivity contribution in [3.63, 3.8) is 0 Å². The van der Waals surface area contributed by atoms with Gasteiger partial charge in [-0.15, -0.1) is 13.2 Å². The summed E-state index contributed by atoms with van der Waals surface area (Å²) >= 11 is 0. The minimum absolute atomic E-state index is 0.191. The molecule has 0 spiro atoms. The molecule has 0 fully saturated rings. The first-order valence-corrected chi connectivity index (χ1v) is 4.13. The van der Waals surface area contributed by atoms with Gasteiger partial charge in [0, 0.05) is 11.6 Å². The first-order valence-electron chi connectivity index (χ1n) is 4.13. The van der Waals surface area contributed by atoms with Crippen molar-refractivity contribution in [1.82, 2.24) is 0 Å². The second-order valence-electron chi connectivity index (χ2n) is 2.73. The molecule has 0 unspecified atom stereocenters. The summed E-state index contributed by atoms with van der Waals surface area (Å²) in [6.07, 6.45) is -3.47. The molecule has 0 aliphatic carbocycles. The number of alkyl halides is 3. The first-order chi connectivity index (χ1) is 7.46. The number of rotatable bonds is 3. The number of hydrogen-bond acceptors (Lipinski definition) is 4. The maximum atomic E-state index is 11.9. The molecule has 0 saturated carbocycles. The lowest BCUT2D eigenvalue weighted by Gasteiger charge is -2.11. The van der Waals surface area contributed by atoms with E-state index in [1.165, 1.54) is 19.4 Å². The molecule has 0 aliphatic heterocycles. The molecule has 4 nitrogen and oxygen atoms in total. The van der Waals surface area contributed by atoms with Crippen molar-refractivity contribution in [3.8, 4) is 11.5 Å². The van der Waals surface area contributed by atoms with Crippen LogP contribution < -0.4 is 15.3 Å². The van der Waals surface area contributed by atoms with Crippen LogP contribution in [0.1, 0.15) is 5.56 Å². The Morgan fingerprint density at radius 3 is 2.56 bits per heavy atom. The van der Waals surface area contributed by atoms with Gasteiger partial charge in [-0.05, 0) is 12.1 Å². The van der Waals surface area contributed by atoms with Gasteiger partial charge in [0.25, 0.3) is 0 Å². The standard InChI is InChI=1S/C9H9F3N2O2/c1-15-8-4-7(16-9(10,11)12)3-2-6(8)5-14-13/h2-5H,13H2,1H3. The van der Waals surface area contributed by atoms with Gasteiger partial charge in [0.2, 0.25) is 0 Å². The van der Waals surface area contributed by atoms with Crippen LogP contribution in [-0.2, 0) is 0 Å². The summed E-state index contributed by atoms with van der Waals surface area (Å²) in [4.78, 5) is 0. The van der Waals surface area contributed by atoms with Crippen molar-refractivity contribution in [2.75, 3.05) is 7.11 Å². The van der Waals surface area contributed by atoms with Crippen molar-refractivity contribution < 1.29 is 22.6 Å². The SMILES string of the molecule is COc1cc(OC(F)(F)F)ccc1C=NN. The molecule has 0 atom stereocenters. The summed E-state index contributed by atoms with van der Waals surface area (Å²) in [5.74, 6) is 4.75. The average Bonchev–Trinajstić information content (AvgIpc) is 2.18. The van der Waals surface area contributed by atoms with E-state index in [1.807, 2.05) is 0 Å². The Balaban J connectivity index is 2.99. The van der Waals surface area contributed by atoms with Crippen LogP contribution in [-0.4, -0.2) is 19.7 Å². The number of methoxy groups -OCH3 is 1. The van der Waals surface area contributed by atoms with Gasteiger partial charge in [-0.2, -0.15) is 5.10 Å². The molecule has 1 aromatic carbocycles. The molecule has 0 radical (unpaired) electrons. The Labute approximate surface area is 89.5 Å². The lowest BCUT2D eigenvalue weighted by Crippen LogP contribution is -2.17. The zero-order valence-corrected chi connectivity index (χ0v) is 8.28. The average molecular weight is 234 g/mol. The van der Waals surface area contributed by atoms with E-state index in [-0.39, 0.29) is 11.5 Å². The summed E-state index contributed by atoms with van der Waals surface area (Å²) in [5, 5.41) is 3.25. The van der Waals surface area contributed by atoms with Gasteiger partial charge in [-0.1, -0.05) is 0 Å². The molecular formula is C9H9F3N2O2. The number of hydrogen-bond donors (Lipinski definition) is 1. The predicted octanol–water partition coefficient (Wildman–Crippen LogP) is 1.89. The van der Waals surface area contributed by atoms with Crippen LogP contribution in [0.4, 0.5) is 13.2 Å². The second-order valence-corrected chi connectivity index (χ2v) is 2.73. The zero-order valence-electron chi connectivity index (χ0n) is 8.28. The van der Waals surface area contributed by atoms with Gasteiger partial charge in [-0.25, -0.2) is 0 Å². The van der Waals surface area contributed by atoms with Crippen molar-refractivity contribution in [3.05, 3.63) is 23.8 Å². The molecule has 0 amide bonds. The summed E-state index contributed by atoms with van der Waals surface area (Å²) in [6.45, 7) is 0. The van der Waals surface area contributed by atoms with E-state index in [2.05, 4.69) is 9.84 Å². The Morgan fingerprint density at radius 1 is 1.38 bits per heavy atom. The highest BCUT2D eigenvalue weighted by Crippen LogP contribution is 2.28. The number of halogens is 3. The molecule has 0 aliphatic rings. The van der Waals surface area contributed by atoms with Crippen LogP contribution in [0.25, 0.3) is 0 Å². The van der Waals surface area contributed by atoms with Crippen LogP contribution in [0.3, 0.4) is 0 Å². The first kappa shape index (κ1) is 12.2. The maximum Gasteiger partial charge on any atom is 0.573 e. The summed E-state index contributed by atoms with van der Waals surface area (Å²) < 4.78 is 44.3. The number of nitrogens with two attached hydrogens (primary N) is 1. The van der Waals surface area contributed by atoms with Gasteiger partial charge in [0.05, 0.1) is 13.3 Å². The molecule has 7 heteroatoms. The van der Waals surface area contributed by atoms with Crippen molar-refractivity contribution in [1.29, 1.82) is 0 Å². The number of hydrazone groups is 1. The number of nitrogens with zero attached hydrogens (tertiary/aromatic N) is 1. The summed E-state index contributed by atoms with van der Waals surface area (Å²) in [7, 11) is 1.32. The molecule has 0 aromatic heterocycles. The van der Waals surface area contributed by atoms with Gasteiger partial charge in [0.1, 0.15) is 11.5 Å². The fourth-order valence-electron chi connectivity index (χ4n) is 1.08. The fourth-order valence-corrected chi connectivity index (χ4v) is 1.08. The van der Waals surface area contributed by atoms with E-state index in [4.69, 9.17) is 10.6 Å². The predicted molar refractivity (Wildman–Crippen MR) is 51.5 cm³/mol. The van der Waals surface area contributed by atoms with E-state index < -0.39 is 6.36 Å². The number of benzene rings is 1. The Morgan fingerprint density at radius 2 is 2.06 bits per heavy atom. The van der Waals surface area contributed by atoms with E-state index in [0.717, 1.165) is 12.1 Å². The van der Waals surface area contributed by atoms with Crippen LogP contribution in [0.2, 0.25) is 0 Å². The van der Waals surface area contributed by atoms with Crippen molar-refractivity contribution in [2.45, 2.75) is 6.36 Å². The van der Waals surface area contributed by atoms with Gasteiger partial charge in [-0.3, -0.25) is 0 Å². The van der Waals surface area contributed by atoms with Gasteiger partial charge >= 0.3 is 6.36 Å². The molecule has 2 N–H and O–H groups in total. The fraction of sp³-hybridized carbons (Fsp3) is 0.222. The zero-order chi connectivity index (χ0) is 12.2. The Hall–Kier alpha value is -1.92. The van der Waals surface area contributed by atoms with E-state index in [0.29, 0.717) is 5.56 Å². The van der Waals surface area contributed by atoms with Crippen LogP contribution in [0.15, 0.2) is 23.3 Å². The highest BCUT2D eigenvalue weighted by molar-refractivity contribution is 5.83. The highest BCUT2D eigenvalue weighted by atomic mass is 19.4. The Bertz CT molecular complexity index is 391. The summed E-state index contributed by atoms with van der Waals surface area (Å²) in [6, 6.07) is 3.60. The lowest BCUT2D eigenvalue weighted by molar-refractivity contribution is -0.274. The minimum atomic E-state index is -4.73. The van der Waals surface area contributed by atoms with E-state index in [9.17, 15) is 13.2 Å². The van der Waals surface area contributed by atoms with Crippen LogP contribution in [0, 0.1) is 0 Å². The molecule has 1 aromatic rings. The third-order valence-corrected chi connectivity index (χ3v) is 1.65. The quantitative estimate of drug-likeness (QED) is 0.493. The summed E-state index contributed by atoms with van der Waals surface area (Å²) in [5.41, 5.74) is 0.458. The molecule has 88 valence electrons. The van der Waals surface area contributed by atoms with Gasteiger partial charge < -0.3 is 15.3 Å². The van der Waals surface area contributed by atoms with Gasteiger partial charge in [0.15, 0.2) is 0 Å². The smallest absolute Gasteiger partial charge is 0.496 e. The molecule has 1 rings (SSSR count). The van der Waals surface area contributed by atoms with Crippen LogP contribution >= 0.6 is 0 Å². The molecule has 16 heavy (non-hydrogen) atoms. The Kier molecular flexibility index (Phi) is 3.60. The highest BCUT2D eigenvalue weighted by Gasteiger charge is 2.31. The van der Waals surface area contributed by atoms with E-state index in [1.54, 1.807) is 0 Å². The van der Waals surface area contributed by atoms with E-state index >= 15 is 0 Å². The maximum absolute atomic E-state index is 11.9. The van der Waals surface area contributed by atoms with Crippen LogP contribution in [0.5, 0.6) is 11.5 Å². The van der Waals surface area contributed by atoms with Crippen molar-refractivity contribution in [2.24, 2.45) is 10.9 Å².